The van der Waals surface area contributed by atoms with Gasteiger partial charge >= 0.3 is 0 Å². The number of nitrogens with zero attached hydrogens (tertiary/aromatic N) is 2. The van der Waals surface area contributed by atoms with E-state index < -0.39 is 9.84 Å². The zero-order valence-corrected chi connectivity index (χ0v) is 20.0. The minimum Gasteiger partial charge on any atom is -0.355 e. The molecule has 2 aromatic carbocycles. The Labute approximate surface area is 191 Å². The van der Waals surface area contributed by atoms with Crippen LogP contribution in [0.4, 0.5) is 0 Å². The van der Waals surface area contributed by atoms with Crippen molar-refractivity contribution in [1.82, 2.24) is 10.2 Å². The van der Waals surface area contributed by atoms with Crippen LogP contribution in [0.3, 0.4) is 0 Å². The van der Waals surface area contributed by atoms with Crippen molar-refractivity contribution in [2.45, 2.75) is 24.2 Å². The van der Waals surface area contributed by atoms with Crippen LogP contribution in [-0.2, 0) is 16.3 Å². The fourth-order valence-electron chi connectivity index (χ4n) is 3.67. The van der Waals surface area contributed by atoms with E-state index >= 15 is 0 Å². The van der Waals surface area contributed by atoms with Gasteiger partial charge in [0.05, 0.1) is 10.6 Å². The number of hydrogen-bond acceptors (Lipinski definition) is 3. The number of guanidine groups is 1. The van der Waals surface area contributed by atoms with E-state index in [9.17, 15) is 8.42 Å². The first-order chi connectivity index (χ1) is 13.6. The lowest BCUT2D eigenvalue weighted by Gasteiger charge is -2.34. The van der Waals surface area contributed by atoms with Gasteiger partial charge in [0.1, 0.15) is 0 Å². The summed E-state index contributed by atoms with van der Waals surface area (Å²) in [7, 11) is -1.52. The van der Waals surface area contributed by atoms with E-state index in [1.807, 2.05) is 6.07 Å². The van der Waals surface area contributed by atoms with Gasteiger partial charge in [-0.15, -0.1) is 24.0 Å². The molecule has 29 heavy (non-hydrogen) atoms. The van der Waals surface area contributed by atoms with E-state index in [2.05, 4.69) is 45.5 Å². The lowest BCUT2D eigenvalue weighted by atomic mass is 9.90. The topological polar surface area (TPSA) is 61.8 Å². The van der Waals surface area contributed by atoms with E-state index in [1.165, 1.54) is 5.56 Å². The molecule has 5 nitrogen and oxygen atoms in total. The number of benzene rings is 2. The highest BCUT2D eigenvalue weighted by atomic mass is 127. The maximum absolute atomic E-state index is 12.4. The second kappa shape index (κ2) is 11.5. The highest BCUT2D eigenvalue weighted by molar-refractivity contribution is 14.0. The predicted octanol–water partition coefficient (Wildman–Crippen LogP) is 3.61. The number of hydrogen-bond donors (Lipinski definition) is 1. The second-order valence-electron chi connectivity index (χ2n) is 7.23. The number of halogens is 1. The summed E-state index contributed by atoms with van der Waals surface area (Å²) in [4.78, 5) is 6.95. The first-order valence-corrected chi connectivity index (χ1v) is 11.5. The maximum Gasteiger partial charge on any atom is 0.193 e. The van der Waals surface area contributed by atoms with Crippen molar-refractivity contribution >= 4 is 39.8 Å². The summed E-state index contributed by atoms with van der Waals surface area (Å²) in [6.45, 7) is 2.25. The third-order valence-corrected chi connectivity index (χ3v) is 6.98. The SMILES string of the molecule is CN=C(NCCS(=O)(=O)c1ccccc1)N1CCC(Cc2ccccc2)CC1.I. The molecule has 3 rings (SSSR count). The Bertz CT molecular complexity index is 865. The van der Waals surface area contributed by atoms with Crippen LogP contribution in [0, 0.1) is 5.92 Å². The minimum absolute atomic E-state index is 0. The Balaban J connectivity index is 0.00000300. The van der Waals surface area contributed by atoms with Crippen LogP contribution in [0.5, 0.6) is 0 Å². The molecule has 1 saturated heterocycles. The van der Waals surface area contributed by atoms with Crippen LogP contribution in [0.2, 0.25) is 0 Å². The van der Waals surface area contributed by atoms with E-state index in [-0.39, 0.29) is 29.7 Å². The molecule has 0 spiro atoms. The summed E-state index contributed by atoms with van der Waals surface area (Å²) in [5.74, 6) is 1.54. The standard InChI is InChI=1S/C22H29N3O2S.HI/c1-23-22(24-14-17-28(26,27)21-10-6-3-7-11-21)25-15-12-20(13-16-25)18-19-8-4-2-5-9-19;/h2-11,20H,12-18H2,1H3,(H,23,24);1H. The van der Waals surface area contributed by atoms with E-state index in [0.29, 0.717) is 17.4 Å². The third kappa shape index (κ3) is 6.99. The molecule has 0 unspecified atom stereocenters. The molecular weight excluding hydrogens is 497 g/mol. The first kappa shape index (κ1) is 23.7. The molecule has 7 heteroatoms. The normalized spacial score (nSPS) is 15.6. The van der Waals surface area contributed by atoms with Crippen molar-refractivity contribution in [3.63, 3.8) is 0 Å². The molecule has 158 valence electrons. The monoisotopic (exact) mass is 527 g/mol. The van der Waals surface area contributed by atoms with Crippen molar-refractivity contribution in [2.24, 2.45) is 10.9 Å². The number of piperidine rings is 1. The molecular formula is C22H30IN3O2S. The quantitative estimate of drug-likeness (QED) is 0.354. The molecule has 1 aliphatic rings. The largest absolute Gasteiger partial charge is 0.355 e. The van der Waals surface area contributed by atoms with Crippen LogP contribution in [-0.4, -0.2) is 51.7 Å². The van der Waals surface area contributed by atoms with Gasteiger partial charge in [0.25, 0.3) is 0 Å². The summed E-state index contributed by atoms with van der Waals surface area (Å²) in [5, 5.41) is 3.23. The third-order valence-electron chi connectivity index (χ3n) is 5.25. The van der Waals surface area contributed by atoms with Gasteiger partial charge in [0.2, 0.25) is 0 Å². The summed E-state index contributed by atoms with van der Waals surface area (Å²) < 4.78 is 24.8. The Kier molecular flexibility index (Phi) is 9.42. The van der Waals surface area contributed by atoms with Crippen molar-refractivity contribution in [3.8, 4) is 0 Å². The van der Waals surface area contributed by atoms with Gasteiger partial charge < -0.3 is 10.2 Å². The number of aliphatic imine (C=N–C) groups is 1. The Morgan fingerprint density at radius 2 is 1.62 bits per heavy atom. The predicted molar refractivity (Wildman–Crippen MR) is 130 cm³/mol. The van der Waals surface area contributed by atoms with Gasteiger partial charge in [-0.3, -0.25) is 4.99 Å². The zero-order chi connectivity index (χ0) is 19.8. The molecule has 0 saturated carbocycles. The van der Waals surface area contributed by atoms with Crippen LogP contribution in [0.25, 0.3) is 0 Å². The molecule has 0 radical (unpaired) electrons. The van der Waals surface area contributed by atoms with Crippen LogP contribution < -0.4 is 5.32 Å². The summed E-state index contributed by atoms with van der Waals surface area (Å²) in [6, 6.07) is 19.2. The Hall–Kier alpha value is -1.61. The smallest absolute Gasteiger partial charge is 0.193 e. The van der Waals surface area contributed by atoms with Gasteiger partial charge in [-0.05, 0) is 42.9 Å². The van der Waals surface area contributed by atoms with E-state index in [4.69, 9.17) is 0 Å². The Morgan fingerprint density at radius 3 is 2.21 bits per heavy atom. The van der Waals surface area contributed by atoms with Gasteiger partial charge in [0.15, 0.2) is 15.8 Å². The summed E-state index contributed by atoms with van der Waals surface area (Å²) in [6.07, 6.45) is 3.37. The Morgan fingerprint density at radius 1 is 1.03 bits per heavy atom. The highest BCUT2D eigenvalue weighted by Crippen LogP contribution is 2.21. The molecule has 2 aromatic rings. The number of sulfone groups is 1. The highest BCUT2D eigenvalue weighted by Gasteiger charge is 2.22. The minimum atomic E-state index is -3.27. The van der Waals surface area contributed by atoms with Gasteiger partial charge in [0, 0.05) is 26.7 Å². The van der Waals surface area contributed by atoms with Crippen molar-refractivity contribution in [3.05, 3.63) is 66.2 Å². The summed E-state index contributed by atoms with van der Waals surface area (Å²) in [5.41, 5.74) is 1.40. The van der Waals surface area contributed by atoms with Crippen LogP contribution in [0.1, 0.15) is 18.4 Å². The fourth-order valence-corrected chi connectivity index (χ4v) is 4.85. The number of rotatable bonds is 6. The van der Waals surface area contributed by atoms with Crippen LogP contribution >= 0.6 is 24.0 Å². The average molecular weight is 527 g/mol. The summed E-state index contributed by atoms with van der Waals surface area (Å²) >= 11 is 0. The molecule has 0 atom stereocenters. The van der Waals surface area contributed by atoms with Gasteiger partial charge in [-0.25, -0.2) is 8.42 Å². The van der Waals surface area contributed by atoms with Crippen molar-refractivity contribution < 1.29 is 8.42 Å². The molecule has 1 heterocycles. The molecule has 0 aromatic heterocycles. The number of nitrogens with one attached hydrogen (secondary N) is 1. The second-order valence-corrected chi connectivity index (χ2v) is 9.34. The van der Waals surface area contributed by atoms with Crippen LogP contribution in [0.15, 0.2) is 70.6 Å². The molecule has 0 amide bonds. The molecule has 1 N–H and O–H groups in total. The fraction of sp³-hybridized carbons (Fsp3) is 0.409. The van der Waals surface area contributed by atoms with Crippen molar-refractivity contribution in [1.29, 1.82) is 0 Å². The molecule has 1 fully saturated rings. The zero-order valence-electron chi connectivity index (χ0n) is 16.8. The molecule has 1 aliphatic heterocycles. The van der Waals surface area contributed by atoms with Gasteiger partial charge in [-0.1, -0.05) is 48.5 Å². The van der Waals surface area contributed by atoms with E-state index in [0.717, 1.165) is 38.3 Å². The molecule has 0 bridgehead atoms. The lowest BCUT2D eigenvalue weighted by Crippen LogP contribution is -2.46. The maximum atomic E-state index is 12.4. The first-order valence-electron chi connectivity index (χ1n) is 9.86. The van der Waals surface area contributed by atoms with Gasteiger partial charge in [-0.2, -0.15) is 0 Å². The lowest BCUT2D eigenvalue weighted by molar-refractivity contribution is 0.259. The average Bonchev–Trinajstić information content (AvgIpc) is 2.73. The molecule has 0 aliphatic carbocycles. The van der Waals surface area contributed by atoms with Crippen molar-refractivity contribution in [2.75, 3.05) is 32.4 Å². The number of likely N-dealkylation sites (tertiary alicyclic amines) is 1. The van der Waals surface area contributed by atoms with E-state index in [1.54, 1.807) is 31.3 Å².